The third-order valence-electron chi connectivity index (χ3n) is 2.45. The summed E-state index contributed by atoms with van der Waals surface area (Å²) < 4.78 is 6.81. The molecule has 0 saturated carbocycles. The average Bonchev–Trinajstić information content (AvgIpc) is 2.28. The summed E-state index contributed by atoms with van der Waals surface area (Å²) in [5, 5.41) is 10.0. The fraction of sp³-hybridized carbons (Fsp3) is 0.143. The van der Waals surface area contributed by atoms with Crippen molar-refractivity contribution in [2.24, 2.45) is 0 Å². The Balaban J connectivity index is 2.23. The van der Waals surface area contributed by atoms with E-state index < -0.39 is 6.10 Å². The van der Waals surface area contributed by atoms with Gasteiger partial charge in [0.15, 0.2) is 0 Å². The van der Waals surface area contributed by atoms with Crippen molar-refractivity contribution in [1.29, 1.82) is 0 Å². The number of benzene rings is 2. The van der Waals surface area contributed by atoms with E-state index in [0.29, 0.717) is 16.3 Å². The van der Waals surface area contributed by atoms with E-state index in [1.807, 2.05) is 24.3 Å². The highest BCUT2D eigenvalue weighted by Crippen LogP contribution is 2.30. The molecule has 4 heteroatoms. The fourth-order valence-corrected chi connectivity index (χ4v) is 2.42. The van der Waals surface area contributed by atoms with Crippen molar-refractivity contribution >= 4 is 34.2 Å². The molecule has 0 aliphatic heterocycles. The molecule has 0 saturated heterocycles. The molecule has 0 heterocycles. The molecule has 0 radical (unpaired) electrons. The maximum atomic E-state index is 9.50. The standard InChI is InChI=1S/C14H12ClIO2/c1-9(17)13-6-5-12(8-14(13)15)18-11-4-2-3-10(16)7-11/h2-9,17H,1H3. The van der Waals surface area contributed by atoms with E-state index in [2.05, 4.69) is 22.6 Å². The van der Waals surface area contributed by atoms with E-state index in [-0.39, 0.29) is 0 Å². The Kier molecular flexibility index (Phi) is 4.48. The summed E-state index contributed by atoms with van der Waals surface area (Å²) >= 11 is 8.31. The molecule has 0 amide bonds. The van der Waals surface area contributed by atoms with Crippen molar-refractivity contribution in [3.63, 3.8) is 0 Å². The first-order valence-corrected chi connectivity index (χ1v) is 6.93. The molecule has 2 aromatic rings. The number of rotatable bonds is 3. The maximum absolute atomic E-state index is 9.50. The molecule has 18 heavy (non-hydrogen) atoms. The van der Waals surface area contributed by atoms with Crippen LogP contribution in [-0.4, -0.2) is 5.11 Å². The molecule has 1 N–H and O–H groups in total. The Morgan fingerprint density at radius 2 is 1.89 bits per heavy atom. The molecule has 0 spiro atoms. The van der Waals surface area contributed by atoms with Gasteiger partial charge in [0.05, 0.1) is 11.1 Å². The Bertz CT molecular complexity index is 555. The molecule has 0 aromatic heterocycles. The largest absolute Gasteiger partial charge is 0.457 e. The summed E-state index contributed by atoms with van der Waals surface area (Å²) in [5.41, 5.74) is 0.701. The van der Waals surface area contributed by atoms with Crippen LogP contribution in [0.5, 0.6) is 11.5 Å². The zero-order chi connectivity index (χ0) is 13.1. The molecule has 1 unspecified atom stereocenters. The van der Waals surface area contributed by atoms with Crippen molar-refractivity contribution in [2.45, 2.75) is 13.0 Å². The van der Waals surface area contributed by atoms with Crippen molar-refractivity contribution < 1.29 is 9.84 Å². The summed E-state index contributed by atoms with van der Waals surface area (Å²) in [7, 11) is 0. The van der Waals surface area contributed by atoms with Crippen molar-refractivity contribution in [1.82, 2.24) is 0 Å². The van der Waals surface area contributed by atoms with E-state index in [0.717, 1.165) is 9.32 Å². The molecular formula is C14H12ClIO2. The molecule has 2 nitrogen and oxygen atoms in total. The van der Waals surface area contributed by atoms with E-state index >= 15 is 0 Å². The molecule has 2 aromatic carbocycles. The number of aliphatic hydroxyl groups excluding tert-OH is 1. The predicted molar refractivity (Wildman–Crippen MR) is 81.3 cm³/mol. The Labute approximate surface area is 125 Å². The van der Waals surface area contributed by atoms with Gasteiger partial charge in [-0.25, -0.2) is 0 Å². The van der Waals surface area contributed by atoms with Crippen molar-refractivity contribution in [3.8, 4) is 11.5 Å². The van der Waals surface area contributed by atoms with Crippen LogP contribution in [0.25, 0.3) is 0 Å². The fourth-order valence-electron chi connectivity index (χ4n) is 1.58. The van der Waals surface area contributed by atoms with Crippen LogP contribution in [0.2, 0.25) is 5.02 Å². The highest BCUT2D eigenvalue weighted by Gasteiger charge is 2.08. The van der Waals surface area contributed by atoms with E-state index in [9.17, 15) is 5.11 Å². The molecule has 0 bridgehead atoms. The Morgan fingerprint density at radius 1 is 1.17 bits per heavy atom. The SMILES string of the molecule is CC(O)c1ccc(Oc2cccc(I)c2)cc1Cl. The molecule has 94 valence electrons. The van der Waals surface area contributed by atoms with E-state index in [1.165, 1.54) is 0 Å². The van der Waals surface area contributed by atoms with Gasteiger partial charge in [0.2, 0.25) is 0 Å². The molecule has 0 fully saturated rings. The van der Waals surface area contributed by atoms with Crippen molar-refractivity contribution in [3.05, 3.63) is 56.6 Å². The summed E-state index contributed by atoms with van der Waals surface area (Å²) in [6.45, 7) is 1.68. The molecule has 2 rings (SSSR count). The van der Waals surface area contributed by atoms with Gasteiger partial charge in [0.25, 0.3) is 0 Å². The van der Waals surface area contributed by atoms with Gasteiger partial charge in [0, 0.05) is 3.57 Å². The normalized spacial score (nSPS) is 12.2. The first-order valence-electron chi connectivity index (χ1n) is 5.47. The number of halogens is 2. The van der Waals surface area contributed by atoms with Crippen LogP contribution in [0, 0.1) is 3.57 Å². The number of ether oxygens (including phenoxy) is 1. The quantitative estimate of drug-likeness (QED) is 0.783. The minimum absolute atomic E-state index is 0.508. The lowest BCUT2D eigenvalue weighted by Crippen LogP contribution is -1.93. The first-order chi connectivity index (χ1) is 8.56. The molecule has 0 aliphatic carbocycles. The second-order valence-electron chi connectivity index (χ2n) is 3.92. The molecule has 0 aliphatic rings. The van der Waals surface area contributed by atoms with Gasteiger partial charge >= 0.3 is 0 Å². The minimum Gasteiger partial charge on any atom is -0.457 e. The van der Waals surface area contributed by atoms with Crippen molar-refractivity contribution in [2.75, 3.05) is 0 Å². The lowest BCUT2D eigenvalue weighted by molar-refractivity contribution is 0.199. The summed E-state index contributed by atoms with van der Waals surface area (Å²) in [5.74, 6) is 1.43. The third-order valence-corrected chi connectivity index (χ3v) is 3.45. The second kappa shape index (κ2) is 5.91. The van der Waals surface area contributed by atoms with Gasteiger partial charge in [-0.1, -0.05) is 23.7 Å². The topological polar surface area (TPSA) is 29.5 Å². The highest BCUT2D eigenvalue weighted by atomic mass is 127. The number of aliphatic hydroxyl groups is 1. The Morgan fingerprint density at radius 3 is 2.50 bits per heavy atom. The number of hydrogen-bond donors (Lipinski definition) is 1. The third kappa shape index (κ3) is 3.37. The predicted octanol–water partition coefficient (Wildman–Crippen LogP) is 4.79. The van der Waals surface area contributed by atoms with Crippen LogP contribution < -0.4 is 4.74 Å². The maximum Gasteiger partial charge on any atom is 0.128 e. The van der Waals surface area contributed by atoms with Crippen LogP contribution in [0.1, 0.15) is 18.6 Å². The van der Waals surface area contributed by atoms with Gasteiger partial charge < -0.3 is 9.84 Å². The van der Waals surface area contributed by atoms with Gasteiger partial charge in [-0.15, -0.1) is 0 Å². The van der Waals surface area contributed by atoms with Crippen LogP contribution in [-0.2, 0) is 0 Å². The first kappa shape index (κ1) is 13.6. The van der Waals surface area contributed by atoms with Crippen LogP contribution >= 0.6 is 34.2 Å². The molecule has 1 atom stereocenters. The van der Waals surface area contributed by atoms with Gasteiger partial charge in [-0.05, 0) is 65.4 Å². The lowest BCUT2D eigenvalue weighted by atomic mass is 10.1. The van der Waals surface area contributed by atoms with Crippen LogP contribution in [0.4, 0.5) is 0 Å². The minimum atomic E-state index is -0.579. The summed E-state index contributed by atoms with van der Waals surface area (Å²) in [6.07, 6.45) is -0.579. The van der Waals surface area contributed by atoms with Crippen LogP contribution in [0.15, 0.2) is 42.5 Å². The molecular weight excluding hydrogens is 363 g/mol. The average molecular weight is 375 g/mol. The van der Waals surface area contributed by atoms with Gasteiger partial charge in [0.1, 0.15) is 11.5 Å². The zero-order valence-corrected chi connectivity index (χ0v) is 12.6. The van der Waals surface area contributed by atoms with Gasteiger partial charge in [-0.2, -0.15) is 0 Å². The summed E-state index contributed by atoms with van der Waals surface area (Å²) in [4.78, 5) is 0. The van der Waals surface area contributed by atoms with Crippen LogP contribution in [0.3, 0.4) is 0 Å². The van der Waals surface area contributed by atoms with Gasteiger partial charge in [-0.3, -0.25) is 0 Å². The monoisotopic (exact) mass is 374 g/mol. The highest BCUT2D eigenvalue weighted by molar-refractivity contribution is 14.1. The van der Waals surface area contributed by atoms with E-state index in [4.69, 9.17) is 16.3 Å². The zero-order valence-electron chi connectivity index (χ0n) is 9.73. The lowest BCUT2D eigenvalue weighted by Gasteiger charge is -2.10. The smallest absolute Gasteiger partial charge is 0.128 e. The second-order valence-corrected chi connectivity index (χ2v) is 5.57. The Hall–Kier alpha value is -0.780. The summed E-state index contributed by atoms with van der Waals surface area (Å²) in [6, 6.07) is 13.0. The van der Waals surface area contributed by atoms with E-state index in [1.54, 1.807) is 25.1 Å². The number of hydrogen-bond acceptors (Lipinski definition) is 2.